The second-order valence-electron chi connectivity index (χ2n) is 8.57. The van der Waals surface area contributed by atoms with Gasteiger partial charge in [0.25, 0.3) is 5.91 Å². The molecule has 2 saturated heterocycles. The zero-order chi connectivity index (χ0) is 23.0. The highest BCUT2D eigenvalue weighted by molar-refractivity contribution is 7.89. The van der Waals surface area contributed by atoms with Gasteiger partial charge in [0.05, 0.1) is 7.11 Å². The summed E-state index contributed by atoms with van der Waals surface area (Å²) >= 11 is 0. The Morgan fingerprint density at radius 3 is 2.28 bits per heavy atom. The number of sulfonamides is 1. The summed E-state index contributed by atoms with van der Waals surface area (Å²) in [6, 6.07) is 4.66. The molecular weight excluding hydrogens is 428 g/mol. The van der Waals surface area contributed by atoms with Crippen molar-refractivity contribution in [2.45, 2.75) is 43.9 Å². The third-order valence-electron chi connectivity index (χ3n) is 6.46. The van der Waals surface area contributed by atoms with Gasteiger partial charge in [-0.3, -0.25) is 4.79 Å². The lowest BCUT2D eigenvalue weighted by atomic mass is 10.2. The van der Waals surface area contributed by atoms with Crippen LogP contribution in [0.4, 0.5) is 0 Å². The fourth-order valence-electron chi connectivity index (χ4n) is 4.38. The van der Waals surface area contributed by atoms with E-state index in [4.69, 9.17) is 4.74 Å². The Hall–Kier alpha value is -1.68. The van der Waals surface area contributed by atoms with Crippen molar-refractivity contribution < 1.29 is 17.9 Å². The SMILES string of the molecule is CCN1CCN(CCCNC(=O)c2ccc(OC)c(S(=O)(=O)N3CCCCCC3)c2)CC1. The van der Waals surface area contributed by atoms with E-state index in [0.29, 0.717) is 25.2 Å². The van der Waals surface area contributed by atoms with E-state index in [1.165, 1.54) is 17.5 Å². The second kappa shape index (κ2) is 12.0. The van der Waals surface area contributed by atoms with Gasteiger partial charge < -0.3 is 19.9 Å². The summed E-state index contributed by atoms with van der Waals surface area (Å²) in [5.74, 6) is 0.0211. The molecule has 2 aliphatic rings. The number of rotatable bonds is 9. The average Bonchev–Trinajstić information content (AvgIpc) is 3.12. The predicted molar refractivity (Wildman–Crippen MR) is 126 cm³/mol. The number of hydrogen-bond donors (Lipinski definition) is 1. The molecule has 0 saturated carbocycles. The van der Waals surface area contributed by atoms with Crippen LogP contribution in [-0.2, 0) is 10.0 Å². The Labute approximate surface area is 192 Å². The first kappa shape index (κ1) is 25.0. The molecule has 0 spiro atoms. The molecule has 2 aliphatic heterocycles. The molecule has 0 bridgehead atoms. The van der Waals surface area contributed by atoms with Crippen LogP contribution in [0.15, 0.2) is 23.1 Å². The molecule has 0 unspecified atom stereocenters. The number of ether oxygens (including phenoxy) is 1. The summed E-state index contributed by atoms with van der Waals surface area (Å²) in [5.41, 5.74) is 0.343. The summed E-state index contributed by atoms with van der Waals surface area (Å²) < 4.78 is 33.4. The summed E-state index contributed by atoms with van der Waals surface area (Å²) in [6.07, 6.45) is 4.66. The monoisotopic (exact) mass is 466 g/mol. The van der Waals surface area contributed by atoms with E-state index in [9.17, 15) is 13.2 Å². The molecule has 2 heterocycles. The van der Waals surface area contributed by atoms with Gasteiger partial charge in [0.2, 0.25) is 10.0 Å². The number of carbonyl (C=O) groups excluding carboxylic acids is 1. The van der Waals surface area contributed by atoms with E-state index in [0.717, 1.165) is 71.4 Å². The minimum absolute atomic E-state index is 0.0725. The van der Waals surface area contributed by atoms with Crippen molar-refractivity contribution in [3.63, 3.8) is 0 Å². The molecule has 0 aromatic heterocycles. The van der Waals surface area contributed by atoms with Crippen LogP contribution in [0.5, 0.6) is 5.75 Å². The molecule has 1 aromatic carbocycles. The van der Waals surface area contributed by atoms with Gasteiger partial charge in [-0.05, 0) is 50.6 Å². The Balaban J connectivity index is 1.58. The summed E-state index contributed by atoms with van der Waals surface area (Å²) in [7, 11) is -2.26. The van der Waals surface area contributed by atoms with Gasteiger partial charge in [0, 0.05) is 51.4 Å². The van der Waals surface area contributed by atoms with Crippen molar-refractivity contribution in [2.75, 3.05) is 66.0 Å². The number of nitrogens with zero attached hydrogens (tertiary/aromatic N) is 3. The van der Waals surface area contributed by atoms with Crippen molar-refractivity contribution in [3.05, 3.63) is 23.8 Å². The molecule has 3 rings (SSSR count). The first-order valence-electron chi connectivity index (χ1n) is 11.9. The van der Waals surface area contributed by atoms with E-state index in [-0.39, 0.29) is 16.6 Å². The van der Waals surface area contributed by atoms with Gasteiger partial charge in [-0.25, -0.2) is 8.42 Å². The standard InChI is InChI=1S/C23H38N4O4S/c1-3-25-15-17-26(18-16-25)12-8-11-24-23(28)20-9-10-21(31-2)22(19-20)32(29,30)27-13-6-4-5-7-14-27/h9-10,19H,3-8,11-18H2,1-2H3,(H,24,28). The number of hydrogen-bond acceptors (Lipinski definition) is 6. The third-order valence-corrected chi connectivity index (χ3v) is 8.38. The lowest BCUT2D eigenvalue weighted by molar-refractivity contribution is 0.0948. The highest BCUT2D eigenvalue weighted by Crippen LogP contribution is 2.29. The molecule has 1 amide bonds. The Bertz CT molecular complexity index is 846. The zero-order valence-electron chi connectivity index (χ0n) is 19.5. The number of likely N-dealkylation sites (N-methyl/N-ethyl adjacent to an activating group) is 1. The molecule has 8 nitrogen and oxygen atoms in total. The normalized spacial score (nSPS) is 19.4. The van der Waals surface area contributed by atoms with Crippen LogP contribution in [0.2, 0.25) is 0 Å². The van der Waals surface area contributed by atoms with E-state index < -0.39 is 10.0 Å². The Morgan fingerprint density at radius 1 is 1.00 bits per heavy atom. The number of amides is 1. The molecule has 0 atom stereocenters. The first-order chi connectivity index (χ1) is 15.5. The largest absolute Gasteiger partial charge is 0.495 e. The molecule has 1 aromatic rings. The maximum atomic E-state index is 13.3. The highest BCUT2D eigenvalue weighted by Gasteiger charge is 2.29. The van der Waals surface area contributed by atoms with Crippen LogP contribution in [0.3, 0.4) is 0 Å². The third kappa shape index (κ3) is 6.43. The predicted octanol–water partition coefficient (Wildman–Crippen LogP) is 2.02. The molecule has 0 radical (unpaired) electrons. The van der Waals surface area contributed by atoms with Gasteiger partial charge in [0.1, 0.15) is 10.6 Å². The minimum Gasteiger partial charge on any atom is -0.495 e. The van der Waals surface area contributed by atoms with Crippen LogP contribution >= 0.6 is 0 Å². The first-order valence-corrected chi connectivity index (χ1v) is 13.3. The van der Waals surface area contributed by atoms with Crippen molar-refractivity contribution in [2.24, 2.45) is 0 Å². The van der Waals surface area contributed by atoms with Gasteiger partial charge in [0.15, 0.2) is 0 Å². The molecule has 9 heteroatoms. The van der Waals surface area contributed by atoms with Gasteiger partial charge >= 0.3 is 0 Å². The van der Waals surface area contributed by atoms with Crippen molar-refractivity contribution >= 4 is 15.9 Å². The maximum absolute atomic E-state index is 13.3. The number of nitrogens with one attached hydrogen (secondary N) is 1. The van der Waals surface area contributed by atoms with Crippen LogP contribution in [0.25, 0.3) is 0 Å². The number of piperazine rings is 1. The lowest BCUT2D eigenvalue weighted by Gasteiger charge is -2.33. The van der Waals surface area contributed by atoms with Gasteiger partial charge in [-0.1, -0.05) is 19.8 Å². The van der Waals surface area contributed by atoms with Crippen LogP contribution in [0, 0.1) is 0 Å². The fraction of sp³-hybridized carbons (Fsp3) is 0.696. The van der Waals surface area contributed by atoms with E-state index in [2.05, 4.69) is 22.0 Å². The molecule has 180 valence electrons. The fourth-order valence-corrected chi connectivity index (χ4v) is 6.08. The summed E-state index contributed by atoms with van der Waals surface area (Å²) in [6.45, 7) is 10.2. The average molecular weight is 467 g/mol. The van der Waals surface area contributed by atoms with Gasteiger partial charge in [-0.15, -0.1) is 0 Å². The molecule has 1 N–H and O–H groups in total. The van der Waals surface area contributed by atoms with E-state index in [1.54, 1.807) is 12.1 Å². The van der Waals surface area contributed by atoms with Crippen LogP contribution < -0.4 is 10.1 Å². The molecule has 32 heavy (non-hydrogen) atoms. The molecular formula is C23H38N4O4S. The number of methoxy groups -OCH3 is 1. The number of carbonyl (C=O) groups is 1. The van der Waals surface area contributed by atoms with E-state index in [1.807, 2.05) is 0 Å². The Kier molecular flexibility index (Phi) is 9.34. The maximum Gasteiger partial charge on any atom is 0.251 e. The number of benzene rings is 1. The summed E-state index contributed by atoms with van der Waals surface area (Å²) in [5, 5.41) is 2.94. The minimum atomic E-state index is -3.71. The van der Waals surface area contributed by atoms with Crippen LogP contribution in [0.1, 0.15) is 49.4 Å². The topological polar surface area (TPSA) is 82.2 Å². The van der Waals surface area contributed by atoms with E-state index >= 15 is 0 Å². The van der Waals surface area contributed by atoms with Crippen molar-refractivity contribution in [1.29, 1.82) is 0 Å². The van der Waals surface area contributed by atoms with Gasteiger partial charge in [-0.2, -0.15) is 4.31 Å². The molecule has 2 fully saturated rings. The Morgan fingerprint density at radius 2 is 1.66 bits per heavy atom. The van der Waals surface area contributed by atoms with Crippen molar-refractivity contribution in [3.8, 4) is 5.75 Å². The zero-order valence-corrected chi connectivity index (χ0v) is 20.3. The molecule has 0 aliphatic carbocycles. The second-order valence-corrected chi connectivity index (χ2v) is 10.5. The van der Waals surface area contributed by atoms with Crippen LogP contribution in [-0.4, -0.2) is 94.4 Å². The van der Waals surface area contributed by atoms with Crippen molar-refractivity contribution in [1.82, 2.24) is 19.4 Å². The smallest absolute Gasteiger partial charge is 0.251 e. The highest BCUT2D eigenvalue weighted by atomic mass is 32.2. The lowest BCUT2D eigenvalue weighted by Crippen LogP contribution is -2.46. The quantitative estimate of drug-likeness (QED) is 0.561. The summed E-state index contributed by atoms with van der Waals surface area (Å²) in [4.78, 5) is 17.7.